The first-order chi connectivity index (χ1) is 13.2. The van der Waals surface area contributed by atoms with E-state index < -0.39 is 21.4 Å². The lowest BCUT2D eigenvalue weighted by Gasteiger charge is -2.24. The summed E-state index contributed by atoms with van der Waals surface area (Å²) in [6, 6.07) is 20.6. The second-order valence-corrected chi connectivity index (χ2v) is 8.69. The maximum Gasteiger partial charge on any atom is 0.240 e. The van der Waals surface area contributed by atoms with E-state index in [2.05, 4.69) is 4.72 Å². The van der Waals surface area contributed by atoms with E-state index in [-0.39, 0.29) is 11.4 Å². The highest BCUT2D eigenvalue weighted by atomic mass is 32.2. The van der Waals surface area contributed by atoms with Crippen molar-refractivity contribution in [1.82, 2.24) is 4.72 Å². The number of benzene rings is 3. The smallest absolute Gasteiger partial charge is 0.240 e. The van der Waals surface area contributed by atoms with Crippen molar-refractivity contribution in [2.45, 2.75) is 24.3 Å². The van der Waals surface area contributed by atoms with Crippen LogP contribution in [0.15, 0.2) is 77.7 Å². The van der Waals surface area contributed by atoms with Gasteiger partial charge in [0.05, 0.1) is 4.90 Å². The Kier molecular flexibility index (Phi) is 5.65. The van der Waals surface area contributed by atoms with Gasteiger partial charge in [0.15, 0.2) is 0 Å². The number of aliphatic hydroxyl groups is 1. The topological polar surface area (TPSA) is 66.4 Å². The average molecular weight is 399 g/mol. The van der Waals surface area contributed by atoms with Crippen LogP contribution < -0.4 is 4.72 Å². The summed E-state index contributed by atoms with van der Waals surface area (Å²) in [4.78, 5) is -0.0101. The molecule has 0 aliphatic heterocycles. The van der Waals surface area contributed by atoms with E-state index in [1.54, 1.807) is 19.1 Å². The first kappa shape index (κ1) is 20.2. The van der Waals surface area contributed by atoms with Crippen LogP contribution >= 0.6 is 0 Å². The molecule has 0 heterocycles. The van der Waals surface area contributed by atoms with Crippen LogP contribution in [-0.4, -0.2) is 20.1 Å². The average Bonchev–Trinajstić information content (AvgIpc) is 2.67. The largest absolute Gasteiger partial charge is 0.384 e. The number of nitrogens with one attached hydrogen (secondary N) is 1. The van der Waals surface area contributed by atoms with Gasteiger partial charge in [-0.2, -0.15) is 0 Å². The molecule has 0 aliphatic carbocycles. The molecule has 3 rings (SSSR count). The number of sulfonamides is 1. The number of aryl methyl sites for hydroxylation is 1. The minimum absolute atomic E-state index is 0.0101. The normalized spacial score (nSPS) is 13.9. The van der Waals surface area contributed by atoms with Gasteiger partial charge in [-0.1, -0.05) is 54.6 Å². The molecule has 146 valence electrons. The Morgan fingerprint density at radius 2 is 1.57 bits per heavy atom. The zero-order valence-corrected chi connectivity index (χ0v) is 16.5. The van der Waals surface area contributed by atoms with Gasteiger partial charge in [-0.15, -0.1) is 0 Å². The van der Waals surface area contributed by atoms with Gasteiger partial charge in [0.25, 0.3) is 0 Å². The fourth-order valence-corrected chi connectivity index (χ4v) is 4.34. The molecule has 0 amide bonds. The molecule has 28 heavy (non-hydrogen) atoms. The number of halogens is 1. The molecule has 0 aliphatic rings. The van der Waals surface area contributed by atoms with Gasteiger partial charge in [-0.25, -0.2) is 17.5 Å². The van der Waals surface area contributed by atoms with Gasteiger partial charge in [0.1, 0.15) is 11.4 Å². The number of rotatable bonds is 6. The van der Waals surface area contributed by atoms with Crippen molar-refractivity contribution in [2.75, 3.05) is 6.54 Å². The van der Waals surface area contributed by atoms with Gasteiger partial charge in [-0.05, 0) is 54.3 Å². The van der Waals surface area contributed by atoms with Gasteiger partial charge in [0.2, 0.25) is 10.0 Å². The molecule has 6 heteroatoms. The van der Waals surface area contributed by atoms with Crippen molar-refractivity contribution in [3.8, 4) is 11.1 Å². The van der Waals surface area contributed by atoms with Crippen LogP contribution in [0.25, 0.3) is 11.1 Å². The fourth-order valence-electron chi connectivity index (χ4n) is 2.98. The molecule has 1 unspecified atom stereocenters. The van der Waals surface area contributed by atoms with E-state index in [1.165, 1.54) is 13.0 Å². The van der Waals surface area contributed by atoms with E-state index in [4.69, 9.17) is 0 Å². The Hall–Kier alpha value is -2.54. The van der Waals surface area contributed by atoms with Crippen molar-refractivity contribution in [3.05, 3.63) is 89.7 Å². The summed E-state index contributed by atoms with van der Waals surface area (Å²) in [6.45, 7) is 2.86. The van der Waals surface area contributed by atoms with Gasteiger partial charge >= 0.3 is 0 Å². The lowest BCUT2D eigenvalue weighted by molar-refractivity contribution is 0.0627. The summed E-state index contributed by atoms with van der Waals surface area (Å²) in [5.74, 6) is -0.498. The highest BCUT2D eigenvalue weighted by Crippen LogP contribution is 2.25. The maximum atomic E-state index is 13.2. The standard InChI is InChI=1S/C22H22FNO3S/c1-16-14-20(23)12-13-21(16)28(26,27)24-15-22(2,25)19-10-8-18(9-11-19)17-6-4-3-5-7-17/h3-14,24-25H,15H2,1-2H3. The number of hydrogen-bond donors (Lipinski definition) is 2. The Balaban J connectivity index is 1.76. The summed E-state index contributed by atoms with van der Waals surface area (Å²) in [7, 11) is -3.88. The Morgan fingerprint density at radius 3 is 2.18 bits per heavy atom. The van der Waals surface area contributed by atoms with Crippen LogP contribution in [-0.2, 0) is 15.6 Å². The fraction of sp³-hybridized carbons (Fsp3) is 0.182. The van der Waals surface area contributed by atoms with Crippen LogP contribution in [0.2, 0.25) is 0 Å². The monoisotopic (exact) mass is 399 g/mol. The molecular weight excluding hydrogens is 377 g/mol. The highest BCUT2D eigenvalue weighted by molar-refractivity contribution is 7.89. The van der Waals surface area contributed by atoms with Crippen molar-refractivity contribution >= 4 is 10.0 Å². The molecule has 0 aromatic heterocycles. The molecule has 0 radical (unpaired) electrons. The minimum Gasteiger partial charge on any atom is -0.384 e. The molecule has 2 N–H and O–H groups in total. The van der Waals surface area contributed by atoms with Crippen LogP contribution in [0, 0.1) is 12.7 Å². The third-order valence-electron chi connectivity index (χ3n) is 4.65. The SMILES string of the molecule is Cc1cc(F)ccc1S(=O)(=O)NCC(C)(O)c1ccc(-c2ccccc2)cc1. The Morgan fingerprint density at radius 1 is 0.964 bits per heavy atom. The first-order valence-corrected chi connectivity index (χ1v) is 10.3. The van der Waals surface area contributed by atoms with Crippen LogP contribution in [0.5, 0.6) is 0 Å². The maximum absolute atomic E-state index is 13.2. The molecule has 0 bridgehead atoms. The third-order valence-corrected chi connectivity index (χ3v) is 6.21. The Bertz CT molecular complexity index is 1060. The van der Waals surface area contributed by atoms with Crippen LogP contribution in [0.4, 0.5) is 4.39 Å². The lowest BCUT2D eigenvalue weighted by Crippen LogP contribution is -2.38. The molecule has 0 saturated heterocycles. The Labute approximate surface area is 164 Å². The van der Waals surface area contributed by atoms with Crippen molar-refractivity contribution in [3.63, 3.8) is 0 Å². The molecule has 0 saturated carbocycles. The molecule has 3 aromatic carbocycles. The predicted octanol–water partition coefficient (Wildman–Crippen LogP) is 3.99. The van der Waals surface area contributed by atoms with Crippen molar-refractivity contribution in [1.29, 1.82) is 0 Å². The van der Waals surface area contributed by atoms with Crippen molar-refractivity contribution < 1.29 is 17.9 Å². The van der Waals surface area contributed by atoms with Gasteiger partial charge < -0.3 is 5.11 Å². The second kappa shape index (κ2) is 7.83. The van der Waals surface area contributed by atoms with E-state index in [0.29, 0.717) is 11.1 Å². The molecule has 0 fully saturated rings. The predicted molar refractivity (Wildman–Crippen MR) is 108 cm³/mol. The summed E-state index contributed by atoms with van der Waals surface area (Å²) in [6.07, 6.45) is 0. The zero-order chi connectivity index (χ0) is 20.4. The van der Waals surface area contributed by atoms with Crippen LogP contribution in [0.1, 0.15) is 18.1 Å². The summed E-state index contributed by atoms with van der Waals surface area (Å²) in [5, 5.41) is 10.8. The number of hydrogen-bond acceptors (Lipinski definition) is 3. The molecular formula is C22H22FNO3S. The van der Waals surface area contributed by atoms with E-state index in [1.807, 2.05) is 42.5 Å². The minimum atomic E-state index is -3.88. The second-order valence-electron chi connectivity index (χ2n) is 6.95. The molecule has 0 spiro atoms. The highest BCUT2D eigenvalue weighted by Gasteiger charge is 2.27. The van der Waals surface area contributed by atoms with Crippen LogP contribution in [0.3, 0.4) is 0 Å². The lowest BCUT2D eigenvalue weighted by atomic mass is 9.94. The van der Waals surface area contributed by atoms with E-state index in [9.17, 15) is 17.9 Å². The van der Waals surface area contributed by atoms with Crippen molar-refractivity contribution in [2.24, 2.45) is 0 Å². The molecule has 4 nitrogen and oxygen atoms in total. The zero-order valence-electron chi connectivity index (χ0n) is 15.7. The van der Waals surface area contributed by atoms with E-state index in [0.717, 1.165) is 23.3 Å². The van der Waals surface area contributed by atoms with Gasteiger partial charge in [-0.3, -0.25) is 0 Å². The first-order valence-electron chi connectivity index (χ1n) is 8.83. The summed E-state index contributed by atoms with van der Waals surface area (Å²) < 4.78 is 40.7. The third kappa shape index (κ3) is 4.47. The summed E-state index contributed by atoms with van der Waals surface area (Å²) >= 11 is 0. The molecule has 3 aromatic rings. The quantitative estimate of drug-likeness (QED) is 0.659. The molecule has 1 atom stereocenters. The van der Waals surface area contributed by atoms with Gasteiger partial charge in [0, 0.05) is 6.54 Å². The van der Waals surface area contributed by atoms with E-state index >= 15 is 0 Å². The summed E-state index contributed by atoms with van der Waals surface area (Å²) in [5.41, 5.74) is 1.55.